The van der Waals surface area contributed by atoms with Crippen LogP contribution in [0, 0.1) is 0 Å². The molecule has 8 heteroatoms. The minimum atomic E-state index is 0.584. The highest BCUT2D eigenvalue weighted by molar-refractivity contribution is 5.76. The Kier molecular flexibility index (Phi) is 13.2. The zero-order valence-electron chi connectivity index (χ0n) is 27.1. The minimum Gasteiger partial charge on any atom is -0.382 e. The first kappa shape index (κ1) is 33.6. The van der Waals surface area contributed by atoms with Crippen LogP contribution in [0.15, 0.2) is 109 Å². The quantitative estimate of drug-likeness (QED) is 0.0745. The van der Waals surface area contributed by atoms with Gasteiger partial charge in [0.05, 0.1) is 62.4 Å². The van der Waals surface area contributed by atoms with Gasteiger partial charge >= 0.3 is 0 Å². The Balaban J connectivity index is 1.27. The van der Waals surface area contributed by atoms with Gasteiger partial charge in [-0.3, -0.25) is 9.97 Å². The van der Waals surface area contributed by atoms with Gasteiger partial charge in [-0.05, 0) is 70.8 Å². The third-order valence-corrected chi connectivity index (χ3v) is 7.53. The second-order valence-corrected chi connectivity index (χ2v) is 10.8. The largest absolute Gasteiger partial charge is 0.382 e. The summed E-state index contributed by atoms with van der Waals surface area (Å²) in [7, 11) is 3.36. The van der Waals surface area contributed by atoms with E-state index in [-0.39, 0.29) is 0 Å². The van der Waals surface area contributed by atoms with Gasteiger partial charge in [0.2, 0.25) is 0 Å². The summed E-state index contributed by atoms with van der Waals surface area (Å²) in [5.74, 6) is 0. The van der Waals surface area contributed by atoms with E-state index in [2.05, 4.69) is 87.7 Å². The van der Waals surface area contributed by atoms with Crippen molar-refractivity contribution in [2.45, 2.75) is 0 Å². The summed E-state index contributed by atoms with van der Waals surface area (Å²) in [6.07, 6.45) is 7.84. The standard InChI is InChI=1S/C39H42N4O4/c1-44-25-27-46-23-21-43(22-24-47-28-26-45-2)35-17-13-32(14-18-35)10-9-31-11-15-33(16-12-31)34-29-38(36-7-3-5-19-40-36)42-39(30-34)37-8-4-6-20-41-37/h3-20,29-30H,21-28H2,1-2H3/b10-9+. The lowest BCUT2D eigenvalue weighted by Crippen LogP contribution is -2.31. The second-order valence-electron chi connectivity index (χ2n) is 10.8. The van der Waals surface area contributed by atoms with Gasteiger partial charge in [0.1, 0.15) is 0 Å². The molecule has 8 nitrogen and oxygen atoms in total. The number of nitrogens with zero attached hydrogens (tertiary/aromatic N) is 4. The van der Waals surface area contributed by atoms with Crippen molar-refractivity contribution in [1.82, 2.24) is 15.0 Å². The highest BCUT2D eigenvalue weighted by atomic mass is 16.5. The molecule has 3 heterocycles. The van der Waals surface area contributed by atoms with Crippen LogP contribution >= 0.6 is 0 Å². The summed E-state index contributed by atoms with van der Waals surface area (Å²) >= 11 is 0. The Labute approximate surface area is 277 Å². The van der Waals surface area contributed by atoms with Gasteiger partial charge in [0.15, 0.2) is 0 Å². The number of methoxy groups -OCH3 is 2. The van der Waals surface area contributed by atoms with E-state index in [4.69, 9.17) is 23.9 Å². The zero-order chi connectivity index (χ0) is 32.5. The molecule has 47 heavy (non-hydrogen) atoms. The number of ether oxygens (including phenoxy) is 4. The predicted octanol–water partition coefficient (Wildman–Crippen LogP) is 7.18. The Morgan fingerprint density at radius 2 is 1.04 bits per heavy atom. The molecule has 3 aromatic heterocycles. The lowest BCUT2D eigenvalue weighted by molar-refractivity contribution is 0.0677. The summed E-state index contributed by atoms with van der Waals surface area (Å²) in [6.45, 7) is 5.12. The predicted molar refractivity (Wildman–Crippen MR) is 189 cm³/mol. The molecule has 0 spiro atoms. The highest BCUT2D eigenvalue weighted by Gasteiger charge is 2.11. The molecule has 242 valence electrons. The van der Waals surface area contributed by atoms with Crippen molar-refractivity contribution >= 4 is 17.8 Å². The van der Waals surface area contributed by atoms with Crippen molar-refractivity contribution in [3.63, 3.8) is 0 Å². The molecule has 0 radical (unpaired) electrons. The van der Waals surface area contributed by atoms with Crippen LogP contribution < -0.4 is 4.90 Å². The first-order chi connectivity index (χ1) is 23.2. The van der Waals surface area contributed by atoms with Gasteiger partial charge in [-0.2, -0.15) is 0 Å². The van der Waals surface area contributed by atoms with E-state index in [1.54, 1.807) is 26.6 Å². The van der Waals surface area contributed by atoms with E-state index >= 15 is 0 Å². The van der Waals surface area contributed by atoms with Crippen LogP contribution in [0.4, 0.5) is 5.69 Å². The van der Waals surface area contributed by atoms with E-state index in [1.807, 2.05) is 36.4 Å². The molecule has 2 aromatic carbocycles. The van der Waals surface area contributed by atoms with Crippen molar-refractivity contribution in [2.75, 3.05) is 71.9 Å². The fraction of sp³-hybridized carbons (Fsp3) is 0.256. The van der Waals surface area contributed by atoms with Crippen LogP contribution in [0.25, 0.3) is 46.1 Å². The number of hydrogen-bond donors (Lipinski definition) is 0. The van der Waals surface area contributed by atoms with Gasteiger partial charge in [0.25, 0.3) is 0 Å². The Morgan fingerprint density at radius 1 is 0.532 bits per heavy atom. The Morgan fingerprint density at radius 3 is 1.51 bits per heavy atom. The smallest absolute Gasteiger partial charge is 0.0900 e. The van der Waals surface area contributed by atoms with Gasteiger partial charge in [-0.15, -0.1) is 0 Å². The molecule has 0 N–H and O–H groups in total. The minimum absolute atomic E-state index is 0.584. The number of aromatic nitrogens is 3. The molecule has 0 bridgehead atoms. The number of hydrogen-bond acceptors (Lipinski definition) is 8. The van der Waals surface area contributed by atoms with E-state index in [9.17, 15) is 0 Å². The highest BCUT2D eigenvalue weighted by Crippen LogP contribution is 2.29. The third-order valence-electron chi connectivity index (χ3n) is 7.53. The van der Waals surface area contributed by atoms with Gasteiger partial charge in [0, 0.05) is 45.4 Å². The first-order valence-corrected chi connectivity index (χ1v) is 15.9. The summed E-state index contributed by atoms with van der Waals surface area (Å²) in [5, 5.41) is 0. The van der Waals surface area contributed by atoms with E-state index in [0.29, 0.717) is 39.6 Å². The van der Waals surface area contributed by atoms with Crippen LogP contribution in [-0.4, -0.2) is 81.9 Å². The number of rotatable bonds is 18. The molecular weight excluding hydrogens is 588 g/mol. The van der Waals surface area contributed by atoms with Crippen molar-refractivity contribution in [2.24, 2.45) is 0 Å². The summed E-state index contributed by atoms with van der Waals surface area (Å²) < 4.78 is 21.6. The molecule has 0 atom stereocenters. The zero-order valence-corrected chi connectivity index (χ0v) is 27.1. The van der Waals surface area contributed by atoms with Crippen LogP contribution in [0.5, 0.6) is 0 Å². The lowest BCUT2D eigenvalue weighted by Gasteiger charge is -2.25. The van der Waals surface area contributed by atoms with Gasteiger partial charge < -0.3 is 23.8 Å². The van der Waals surface area contributed by atoms with Gasteiger partial charge in [-0.1, -0.05) is 60.7 Å². The van der Waals surface area contributed by atoms with E-state index in [0.717, 1.165) is 63.8 Å². The summed E-state index contributed by atoms with van der Waals surface area (Å²) in [4.78, 5) is 16.2. The third kappa shape index (κ3) is 10.4. The number of pyridine rings is 3. The SMILES string of the molecule is COCCOCCN(CCOCCOC)c1ccc(/C=C/c2ccc(-c3cc(-c4ccccn4)nc(-c4ccccn4)c3)cc2)cc1. The normalized spacial score (nSPS) is 11.3. The number of benzene rings is 2. The molecule has 0 saturated carbocycles. The van der Waals surface area contributed by atoms with Crippen LogP contribution in [0.1, 0.15) is 11.1 Å². The van der Waals surface area contributed by atoms with Crippen molar-refractivity contribution < 1.29 is 18.9 Å². The maximum Gasteiger partial charge on any atom is 0.0900 e. The maximum atomic E-state index is 5.72. The maximum absolute atomic E-state index is 5.72. The molecule has 0 amide bonds. The molecule has 0 aliphatic rings. The molecular formula is C39H42N4O4. The van der Waals surface area contributed by atoms with Crippen LogP contribution in [0.2, 0.25) is 0 Å². The average Bonchev–Trinajstić information content (AvgIpc) is 3.14. The molecule has 0 aliphatic heterocycles. The van der Waals surface area contributed by atoms with Crippen molar-refractivity contribution in [3.8, 4) is 33.9 Å². The van der Waals surface area contributed by atoms with E-state index < -0.39 is 0 Å². The van der Waals surface area contributed by atoms with Crippen molar-refractivity contribution in [3.05, 3.63) is 121 Å². The summed E-state index contributed by atoms with van der Waals surface area (Å²) in [5.41, 5.74) is 8.80. The van der Waals surface area contributed by atoms with Crippen LogP contribution in [0.3, 0.4) is 0 Å². The van der Waals surface area contributed by atoms with Crippen LogP contribution in [-0.2, 0) is 18.9 Å². The molecule has 0 saturated heterocycles. The topological polar surface area (TPSA) is 78.8 Å². The Bertz CT molecular complexity index is 1580. The molecule has 0 aliphatic carbocycles. The Hall–Kier alpha value is -4.73. The first-order valence-electron chi connectivity index (χ1n) is 15.9. The fourth-order valence-electron chi connectivity index (χ4n) is 4.97. The molecule has 5 aromatic rings. The number of anilines is 1. The van der Waals surface area contributed by atoms with E-state index in [1.165, 1.54) is 0 Å². The molecule has 0 fully saturated rings. The molecule has 5 rings (SSSR count). The fourth-order valence-corrected chi connectivity index (χ4v) is 4.97. The second kappa shape index (κ2) is 18.4. The average molecular weight is 631 g/mol. The van der Waals surface area contributed by atoms with Gasteiger partial charge in [-0.25, -0.2) is 4.98 Å². The summed E-state index contributed by atoms with van der Waals surface area (Å²) in [6, 6.07) is 33.0. The molecule has 0 unspecified atom stereocenters. The lowest BCUT2D eigenvalue weighted by atomic mass is 10.0. The monoisotopic (exact) mass is 630 g/mol. The van der Waals surface area contributed by atoms with Crippen molar-refractivity contribution in [1.29, 1.82) is 0 Å².